The van der Waals surface area contributed by atoms with Gasteiger partial charge in [-0.3, -0.25) is 5.41 Å². The van der Waals surface area contributed by atoms with E-state index in [1.807, 2.05) is 18.2 Å². The predicted octanol–water partition coefficient (Wildman–Crippen LogP) is 3.83. The average molecular weight is 428 g/mol. The van der Waals surface area contributed by atoms with E-state index in [2.05, 4.69) is 6.07 Å². The van der Waals surface area contributed by atoms with Gasteiger partial charge in [0.2, 0.25) is 17.1 Å². The van der Waals surface area contributed by atoms with Gasteiger partial charge in [-0.1, -0.05) is 30.3 Å². The van der Waals surface area contributed by atoms with Crippen LogP contribution >= 0.6 is 0 Å². The van der Waals surface area contributed by atoms with Crippen LogP contribution in [0.1, 0.15) is 30.1 Å². The predicted molar refractivity (Wildman–Crippen MR) is 111 cm³/mol. The zero-order valence-corrected chi connectivity index (χ0v) is 17.7. The number of nitriles is 3. The molecule has 0 aromatic heterocycles. The third kappa shape index (κ3) is 2.52. The standard InChI is InChI=1S/C24H20N4O4/c1-22-19(15-7-5-4-6-8-15)24(14-27,21(28)32-22)23(12-25,13-26)20(31-22)16-9-17(29-2)11-18(10-16)30-3/h4-11,19-20,28H,1-3H3. The highest BCUT2D eigenvalue weighted by Gasteiger charge is 2.79. The maximum absolute atomic E-state index is 10.5. The van der Waals surface area contributed by atoms with Gasteiger partial charge in [0, 0.05) is 13.0 Å². The molecule has 2 heterocycles. The zero-order valence-electron chi connectivity index (χ0n) is 17.7. The molecule has 2 aliphatic heterocycles. The molecule has 0 amide bonds. The van der Waals surface area contributed by atoms with E-state index < -0.39 is 34.5 Å². The number of methoxy groups -OCH3 is 2. The van der Waals surface area contributed by atoms with Crippen molar-refractivity contribution in [3.05, 3.63) is 59.7 Å². The molecule has 4 atom stereocenters. The van der Waals surface area contributed by atoms with Crippen LogP contribution in [-0.4, -0.2) is 25.9 Å². The van der Waals surface area contributed by atoms with Crippen molar-refractivity contribution in [2.45, 2.75) is 24.7 Å². The molecule has 0 aliphatic carbocycles. The summed E-state index contributed by atoms with van der Waals surface area (Å²) in [6.07, 6.45) is -1.21. The first-order valence-electron chi connectivity index (χ1n) is 9.83. The van der Waals surface area contributed by atoms with Gasteiger partial charge in [0.15, 0.2) is 5.41 Å². The van der Waals surface area contributed by atoms with Gasteiger partial charge in [-0.15, -0.1) is 0 Å². The van der Waals surface area contributed by atoms with Crippen LogP contribution in [0, 0.1) is 50.2 Å². The Balaban J connectivity index is 2.03. The van der Waals surface area contributed by atoms with E-state index in [1.54, 1.807) is 49.4 Å². The van der Waals surface area contributed by atoms with Gasteiger partial charge >= 0.3 is 0 Å². The zero-order chi connectivity index (χ0) is 23.1. The molecule has 0 spiro atoms. The van der Waals surface area contributed by atoms with E-state index in [9.17, 15) is 15.8 Å². The minimum Gasteiger partial charge on any atom is -0.497 e. The van der Waals surface area contributed by atoms with Crippen LogP contribution in [-0.2, 0) is 9.47 Å². The van der Waals surface area contributed by atoms with Crippen LogP contribution in [0.3, 0.4) is 0 Å². The quantitative estimate of drug-likeness (QED) is 0.782. The van der Waals surface area contributed by atoms with Crippen LogP contribution in [0.5, 0.6) is 11.5 Å². The maximum Gasteiger partial charge on any atom is 0.218 e. The summed E-state index contributed by atoms with van der Waals surface area (Å²) in [5.41, 5.74) is -2.96. The molecule has 32 heavy (non-hydrogen) atoms. The summed E-state index contributed by atoms with van der Waals surface area (Å²) in [5, 5.41) is 39.9. The van der Waals surface area contributed by atoms with Crippen molar-refractivity contribution in [3.8, 4) is 29.7 Å². The second kappa shape index (κ2) is 7.27. The molecule has 8 heteroatoms. The number of hydrogen-bond acceptors (Lipinski definition) is 8. The number of ether oxygens (including phenoxy) is 4. The molecule has 2 fully saturated rings. The highest BCUT2D eigenvalue weighted by molar-refractivity contribution is 5.90. The molecule has 160 valence electrons. The van der Waals surface area contributed by atoms with Gasteiger partial charge in [-0.25, -0.2) is 0 Å². The molecular formula is C24H20N4O4. The smallest absolute Gasteiger partial charge is 0.218 e. The lowest BCUT2D eigenvalue weighted by Gasteiger charge is -2.48. The Morgan fingerprint density at radius 3 is 2.00 bits per heavy atom. The fourth-order valence-corrected chi connectivity index (χ4v) is 4.91. The van der Waals surface area contributed by atoms with E-state index >= 15 is 0 Å². The van der Waals surface area contributed by atoms with Gasteiger partial charge in [0.05, 0.1) is 38.3 Å². The van der Waals surface area contributed by atoms with Gasteiger partial charge < -0.3 is 18.9 Å². The van der Waals surface area contributed by atoms with E-state index in [0.29, 0.717) is 22.6 Å². The Labute approximate surface area is 185 Å². The fraction of sp³-hybridized carbons (Fsp3) is 0.333. The number of benzene rings is 2. The first kappa shape index (κ1) is 21.2. The molecular weight excluding hydrogens is 408 g/mol. The molecule has 2 aliphatic rings. The van der Waals surface area contributed by atoms with Gasteiger partial charge in [0.25, 0.3) is 0 Å². The minimum absolute atomic E-state index is 0.403. The van der Waals surface area contributed by atoms with Crippen molar-refractivity contribution >= 4 is 5.90 Å². The first-order valence-corrected chi connectivity index (χ1v) is 9.83. The summed E-state index contributed by atoms with van der Waals surface area (Å²) in [4.78, 5) is 0. The summed E-state index contributed by atoms with van der Waals surface area (Å²) < 4.78 is 22.9. The van der Waals surface area contributed by atoms with Crippen LogP contribution in [0.25, 0.3) is 0 Å². The van der Waals surface area contributed by atoms with Crippen LogP contribution in [0.2, 0.25) is 0 Å². The number of nitrogens with zero attached hydrogens (tertiary/aromatic N) is 3. The van der Waals surface area contributed by atoms with Crippen LogP contribution in [0.15, 0.2) is 48.5 Å². The molecule has 1 N–H and O–H groups in total. The van der Waals surface area contributed by atoms with Crippen molar-refractivity contribution in [1.29, 1.82) is 21.2 Å². The Morgan fingerprint density at radius 2 is 1.50 bits per heavy atom. The SMILES string of the molecule is COc1cc(OC)cc(C2OC3(C)OC(=N)C(C#N)(C3c3ccccc3)C2(C#N)C#N)c1. The van der Waals surface area contributed by atoms with Crippen molar-refractivity contribution in [2.24, 2.45) is 10.8 Å². The van der Waals surface area contributed by atoms with E-state index in [1.165, 1.54) is 14.2 Å². The maximum atomic E-state index is 10.5. The largest absolute Gasteiger partial charge is 0.497 e. The third-order valence-electron chi connectivity index (χ3n) is 6.33. The summed E-state index contributed by atoms with van der Waals surface area (Å²) >= 11 is 0. The van der Waals surface area contributed by atoms with E-state index in [-0.39, 0.29) is 0 Å². The molecule has 2 aromatic carbocycles. The molecule has 8 nitrogen and oxygen atoms in total. The summed E-state index contributed by atoms with van der Waals surface area (Å²) in [6.45, 7) is 1.63. The Morgan fingerprint density at radius 1 is 0.906 bits per heavy atom. The normalized spacial score (nSPS) is 29.7. The molecule has 2 bridgehead atoms. The van der Waals surface area contributed by atoms with Crippen molar-refractivity contribution in [2.75, 3.05) is 14.2 Å². The summed E-state index contributed by atoms with van der Waals surface area (Å²) in [7, 11) is 2.96. The molecule has 2 saturated heterocycles. The Bertz CT molecular complexity index is 1170. The molecule has 4 rings (SSSR count). The fourth-order valence-electron chi connectivity index (χ4n) is 4.91. The van der Waals surface area contributed by atoms with Gasteiger partial charge in [0.1, 0.15) is 17.6 Å². The number of rotatable bonds is 4. The lowest BCUT2D eigenvalue weighted by atomic mass is 9.52. The van der Waals surface area contributed by atoms with Crippen molar-refractivity contribution < 1.29 is 18.9 Å². The lowest BCUT2D eigenvalue weighted by molar-refractivity contribution is -0.253. The Kier molecular flexibility index (Phi) is 4.81. The Hall–Kier alpha value is -4.06. The highest BCUT2D eigenvalue weighted by Crippen LogP contribution is 2.69. The van der Waals surface area contributed by atoms with Crippen LogP contribution in [0.4, 0.5) is 0 Å². The van der Waals surface area contributed by atoms with Crippen molar-refractivity contribution in [3.63, 3.8) is 0 Å². The molecule has 0 radical (unpaired) electrons. The highest BCUT2D eigenvalue weighted by atomic mass is 16.7. The van der Waals surface area contributed by atoms with Crippen LogP contribution < -0.4 is 9.47 Å². The minimum atomic E-state index is -2.09. The molecule has 4 unspecified atom stereocenters. The van der Waals surface area contributed by atoms with Gasteiger partial charge in [-0.05, 0) is 23.3 Å². The van der Waals surface area contributed by atoms with Gasteiger partial charge in [-0.2, -0.15) is 15.8 Å². The summed E-state index contributed by atoms with van der Waals surface area (Å²) in [5.74, 6) is -1.95. The second-order valence-electron chi connectivity index (χ2n) is 7.89. The topological polar surface area (TPSA) is 132 Å². The number of nitrogens with one attached hydrogen (secondary N) is 1. The average Bonchev–Trinajstić information content (AvgIpc) is 3.01. The van der Waals surface area contributed by atoms with Crippen molar-refractivity contribution in [1.82, 2.24) is 0 Å². The van der Waals surface area contributed by atoms with E-state index in [4.69, 9.17) is 24.4 Å². The summed E-state index contributed by atoms with van der Waals surface area (Å²) in [6, 6.07) is 20.1. The molecule has 2 aromatic rings. The lowest BCUT2D eigenvalue weighted by Crippen LogP contribution is -2.57. The number of fused-ring (bicyclic) bond motifs is 2. The monoisotopic (exact) mass is 428 g/mol. The van der Waals surface area contributed by atoms with E-state index in [0.717, 1.165) is 0 Å². The second-order valence-corrected chi connectivity index (χ2v) is 7.89. The third-order valence-corrected chi connectivity index (χ3v) is 6.33. The molecule has 0 saturated carbocycles. The number of hydrogen-bond donors (Lipinski definition) is 1. The first-order chi connectivity index (χ1) is 15.4.